The molecule has 31 heavy (non-hydrogen) atoms. The molecule has 160 valence electrons. The van der Waals surface area contributed by atoms with E-state index in [9.17, 15) is 10.1 Å². The van der Waals surface area contributed by atoms with Crippen LogP contribution in [0.2, 0.25) is 0 Å². The number of nitrogens with zero attached hydrogens (tertiary/aromatic N) is 5. The van der Waals surface area contributed by atoms with Gasteiger partial charge in [-0.3, -0.25) is 10.1 Å². The summed E-state index contributed by atoms with van der Waals surface area (Å²) >= 11 is 0. The van der Waals surface area contributed by atoms with Crippen LogP contribution in [-0.4, -0.2) is 48.2 Å². The Balaban J connectivity index is 1.48. The highest BCUT2D eigenvalue weighted by atomic mass is 16.6. The molecule has 2 aromatic carbocycles. The van der Waals surface area contributed by atoms with Crippen molar-refractivity contribution in [1.82, 2.24) is 9.97 Å². The fraction of sp³-hybridized carbons (Fsp3) is 0.273. The zero-order valence-electron chi connectivity index (χ0n) is 17.3. The topological polar surface area (TPSA) is 96.7 Å². The monoisotopic (exact) mass is 420 g/mol. The maximum Gasteiger partial charge on any atom is 0.353 e. The number of benzene rings is 2. The highest BCUT2D eigenvalue weighted by Gasteiger charge is 2.29. The average Bonchev–Trinajstić information content (AvgIpc) is 2.83. The van der Waals surface area contributed by atoms with E-state index in [0.717, 1.165) is 30.1 Å². The van der Waals surface area contributed by atoms with Gasteiger partial charge in [0.15, 0.2) is 0 Å². The second-order valence-electron chi connectivity index (χ2n) is 7.16. The molecular formula is C22H24N6O3. The standard InChI is InChI=1S/C22H24N6O3/c1-31-19-9-7-18(8-10-19)26-11-13-27(14-12-26)22-20(28(29)30)21(24-16-25-22)23-15-17-5-3-2-4-6-17/h2-10,16H,11-15H2,1H3,(H,23,24,25). The van der Waals surface area contributed by atoms with Gasteiger partial charge in [-0.15, -0.1) is 0 Å². The fourth-order valence-corrected chi connectivity index (χ4v) is 3.65. The number of hydrogen-bond acceptors (Lipinski definition) is 8. The molecule has 0 bridgehead atoms. The van der Waals surface area contributed by atoms with Gasteiger partial charge >= 0.3 is 5.69 Å². The summed E-state index contributed by atoms with van der Waals surface area (Å²) in [6.07, 6.45) is 1.38. The summed E-state index contributed by atoms with van der Waals surface area (Å²) in [7, 11) is 1.64. The Morgan fingerprint density at radius 2 is 1.68 bits per heavy atom. The van der Waals surface area contributed by atoms with Gasteiger partial charge in [-0.2, -0.15) is 0 Å². The van der Waals surface area contributed by atoms with Crippen LogP contribution in [0.25, 0.3) is 0 Å². The first kappa shape index (κ1) is 20.4. The first-order valence-corrected chi connectivity index (χ1v) is 10.1. The van der Waals surface area contributed by atoms with E-state index < -0.39 is 4.92 Å². The maximum atomic E-state index is 11.9. The molecule has 0 aliphatic carbocycles. The van der Waals surface area contributed by atoms with E-state index in [2.05, 4.69) is 20.2 Å². The Morgan fingerprint density at radius 1 is 1.00 bits per heavy atom. The molecule has 9 nitrogen and oxygen atoms in total. The van der Waals surface area contributed by atoms with E-state index in [-0.39, 0.29) is 11.5 Å². The molecule has 1 aliphatic rings. The number of rotatable bonds is 7. The number of nitrogens with one attached hydrogen (secondary N) is 1. The summed E-state index contributed by atoms with van der Waals surface area (Å²) in [5, 5.41) is 15.0. The van der Waals surface area contributed by atoms with Crippen LogP contribution in [0.4, 0.5) is 23.0 Å². The van der Waals surface area contributed by atoms with Gasteiger partial charge in [0.1, 0.15) is 12.1 Å². The highest BCUT2D eigenvalue weighted by molar-refractivity contribution is 5.70. The van der Waals surface area contributed by atoms with E-state index in [1.54, 1.807) is 7.11 Å². The number of hydrogen-bond donors (Lipinski definition) is 1. The minimum absolute atomic E-state index is 0.0867. The predicted octanol–water partition coefficient (Wildman–Crippen LogP) is 3.33. The lowest BCUT2D eigenvalue weighted by Crippen LogP contribution is -2.47. The van der Waals surface area contributed by atoms with Gasteiger partial charge in [-0.05, 0) is 29.8 Å². The van der Waals surface area contributed by atoms with Gasteiger partial charge in [0, 0.05) is 38.4 Å². The molecule has 0 saturated carbocycles. The maximum absolute atomic E-state index is 11.9. The summed E-state index contributed by atoms with van der Waals surface area (Å²) in [6, 6.07) is 17.6. The zero-order valence-corrected chi connectivity index (χ0v) is 17.3. The molecule has 0 amide bonds. The molecule has 2 heterocycles. The van der Waals surface area contributed by atoms with E-state index in [1.165, 1.54) is 6.33 Å². The highest BCUT2D eigenvalue weighted by Crippen LogP contribution is 2.33. The quantitative estimate of drug-likeness (QED) is 0.459. The van der Waals surface area contributed by atoms with Crippen molar-refractivity contribution in [1.29, 1.82) is 0 Å². The number of methoxy groups -OCH3 is 1. The Labute approximate surface area is 180 Å². The van der Waals surface area contributed by atoms with Gasteiger partial charge in [0.2, 0.25) is 11.6 Å². The van der Waals surface area contributed by atoms with Gasteiger partial charge < -0.3 is 19.9 Å². The third-order valence-corrected chi connectivity index (χ3v) is 5.31. The summed E-state index contributed by atoms with van der Waals surface area (Å²) in [4.78, 5) is 24.1. The molecule has 9 heteroatoms. The third-order valence-electron chi connectivity index (χ3n) is 5.31. The molecular weight excluding hydrogens is 396 g/mol. The summed E-state index contributed by atoms with van der Waals surface area (Å²) < 4.78 is 5.22. The molecule has 4 rings (SSSR count). The van der Waals surface area contributed by atoms with Crippen LogP contribution in [0.1, 0.15) is 5.56 Å². The molecule has 1 saturated heterocycles. The Kier molecular flexibility index (Phi) is 6.11. The van der Waals surface area contributed by atoms with Gasteiger partial charge in [-0.1, -0.05) is 30.3 Å². The Bertz CT molecular complexity index is 1020. The Morgan fingerprint density at radius 3 is 2.32 bits per heavy atom. The predicted molar refractivity (Wildman–Crippen MR) is 120 cm³/mol. The first-order chi connectivity index (χ1) is 15.2. The number of aromatic nitrogens is 2. The van der Waals surface area contributed by atoms with Crippen molar-refractivity contribution in [3.8, 4) is 5.75 Å². The summed E-state index contributed by atoms with van der Waals surface area (Å²) in [5.74, 6) is 1.40. The van der Waals surface area contributed by atoms with Crippen LogP contribution < -0.4 is 19.9 Å². The molecule has 1 aliphatic heterocycles. The van der Waals surface area contributed by atoms with Crippen molar-refractivity contribution < 1.29 is 9.66 Å². The lowest BCUT2D eigenvalue weighted by atomic mass is 10.2. The number of ether oxygens (including phenoxy) is 1. The largest absolute Gasteiger partial charge is 0.497 e. The normalized spacial score (nSPS) is 13.7. The van der Waals surface area contributed by atoms with Crippen LogP contribution in [0, 0.1) is 10.1 Å². The van der Waals surface area contributed by atoms with Crippen molar-refractivity contribution >= 4 is 23.0 Å². The lowest BCUT2D eigenvalue weighted by molar-refractivity contribution is -0.383. The van der Waals surface area contributed by atoms with E-state index in [0.29, 0.717) is 25.5 Å². The van der Waals surface area contributed by atoms with Crippen LogP contribution >= 0.6 is 0 Å². The van der Waals surface area contributed by atoms with Crippen molar-refractivity contribution in [2.24, 2.45) is 0 Å². The van der Waals surface area contributed by atoms with Gasteiger partial charge in [0.25, 0.3) is 0 Å². The number of piperazine rings is 1. The SMILES string of the molecule is COc1ccc(N2CCN(c3ncnc(NCc4ccccc4)c3[N+](=O)[O-])CC2)cc1. The van der Waals surface area contributed by atoms with E-state index >= 15 is 0 Å². The minimum Gasteiger partial charge on any atom is -0.497 e. The molecule has 0 atom stereocenters. The molecule has 1 fully saturated rings. The zero-order chi connectivity index (χ0) is 21.6. The smallest absolute Gasteiger partial charge is 0.353 e. The molecule has 0 spiro atoms. The summed E-state index contributed by atoms with van der Waals surface area (Å²) in [5.41, 5.74) is 2.03. The first-order valence-electron chi connectivity index (χ1n) is 10.1. The molecule has 1 aromatic heterocycles. The summed E-state index contributed by atoms with van der Waals surface area (Å²) in [6.45, 7) is 3.17. The minimum atomic E-state index is -0.404. The van der Waals surface area contributed by atoms with Crippen LogP contribution in [0.3, 0.4) is 0 Å². The fourth-order valence-electron chi connectivity index (χ4n) is 3.65. The lowest BCUT2D eigenvalue weighted by Gasteiger charge is -2.36. The van der Waals surface area contributed by atoms with Crippen LogP contribution in [0.15, 0.2) is 60.9 Å². The van der Waals surface area contributed by atoms with Gasteiger partial charge in [0.05, 0.1) is 12.0 Å². The molecule has 0 radical (unpaired) electrons. The second kappa shape index (κ2) is 9.29. The van der Waals surface area contributed by atoms with E-state index in [1.807, 2.05) is 59.5 Å². The second-order valence-corrected chi connectivity index (χ2v) is 7.16. The number of anilines is 3. The van der Waals surface area contributed by atoms with Crippen LogP contribution in [-0.2, 0) is 6.54 Å². The molecule has 1 N–H and O–H groups in total. The average molecular weight is 420 g/mol. The third kappa shape index (κ3) is 4.66. The molecule has 0 unspecified atom stereocenters. The van der Waals surface area contributed by atoms with Crippen molar-refractivity contribution in [3.05, 3.63) is 76.6 Å². The van der Waals surface area contributed by atoms with Crippen molar-refractivity contribution in [2.45, 2.75) is 6.54 Å². The van der Waals surface area contributed by atoms with Crippen LogP contribution in [0.5, 0.6) is 5.75 Å². The van der Waals surface area contributed by atoms with Gasteiger partial charge in [-0.25, -0.2) is 9.97 Å². The van der Waals surface area contributed by atoms with Crippen molar-refractivity contribution in [3.63, 3.8) is 0 Å². The van der Waals surface area contributed by atoms with Crippen molar-refractivity contribution in [2.75, 3.05) is 48.4 Å². The number of nitro groups is 1. The molecule has 3 aromatic rings. The Hall–Kier alpha value is -3.88. The van der Waals surface area contributed by atoms with E-state index in [4.69, 9.17) is 4.74 Å².